The van der Waals surface area contributed by atoms with E-state index in [4.69, 9.17) is 4.74 Å². The van der Waals surface area contributed by atoms with Crippen LogP contribution in [0.3, 0.4) is 0 Å². The molecule has 11 unspecified atom stereocenters. The summed E-state index contributed by atoms with van der Waals surface area (Å²) in [6, 6.07) is 0. The van der Waals surface area contributed by atoms with E-state index in [-0.39, 0.29) is 17.5 Å². The summed E-state index contributed by atoms with van der Waals surface area (Å²) < 4.78 is 5.91. The molecule has 0 spiro atoms. The van der Waals surface area contributed by atoms with Crippen LogP contribution >= 0.6 is 0 Å². The number of esters is 1. The van der Waals surface area contributed by atoms with Gasteiger partial charge in [0.15, 0.2) is 0 Å². The first-order valence-electron chi connectivity index (χ1n) is 14.6. The molecule has 4 fully saturated rings. The van der Waals surface area contributed by atoms with E-state index >= 15 is 0 Å². The van der Waals surface area contributed by atoms with Gasteiger partial charge >= 0.3 is 5.97 Å². The molecule has 0 radical (unpaired) electrons. The van der Waals surface area contributed by atoms with E-state index in [0.29, 0.717) is 22.2 Å². The fourth-order valence-corrected chi connectivity index (χ4v) is 11.7. The van der Waals surface area contributed by atoms with Crippen molar-refractivity contribution < 1.29 is 9.53 Å². The minimum Gasteiger partial charge on any atom is -0.462 e. The fourth-order valence-electron chi connectivity index (χ4n) is 11.7. The molecular weight excluding hydrogens is 416 g/mol. The minimum absolute atomic E-state index is 0.0602. The zero-order valence-corrected chi connectivity index (χ0v) is 23.7. The SMILES string of the molecule is CC(=O)OC1CCC2(C)C(CCC3(C)C2CCC2C4C(C)C(C)=CC(C)C4CCC23C)C1(C)C. The van der Waals surface area contributed by atoms with Gasteiger partial charge in [-0.25, -0.2) is 0 Å². The van der Waals surface area contributed by atoms with Crippen LogP contribution in [0, 0.1) is 63.1 Å². The van der Waals surface area contributed by atoms with Crippen LogP contribution < -0.4 is 0 Å². The van der Waals surface area contributed by atoms with Crippen molar-refractivity contribution in [2.45, 2.75) is 120 Å². The molecule has 34 heavy (non-hydrogen) atoms. The van der Waals surface area contributed by atoms with Crippen LogP contribution in [0.1, 0.15) is 114 Å². The van der Waals surface area contributed by atoms with Gasteiger partial charge in [0.25, 0.3) is 0 Å². The van der Waals surface area contributed by atoms with E-state index in [0.717, 1.165) is 41.9 Å². The van der Waals surface area contributed by atoms with Gasteiger partial charge in [0.2, 0.25) is 0 Å². The third-order valence-electron chi connectivity index (χ3n) is 13.6. The molecule has 0 bridgehead atoms. The second-order valence-corrected chi connectivity index (χ2v) is 15.0. The molecular formula is C32H52O2. The Labute approximate surface area is 210 Å². The number of ether oxygens (including phenoxy) is 1. The van der Waals surface area contributed by atoms with E-state index in [1.807, 2.05) is 0 Å². The van der Waals surface area contributed by atoms with Gasteiger partial charge in [0, 0.05) is 12.3 Å². The van der Waals surface area contributed by atoms with E-state index in [2.05, 4.69) is 61.5 Å². The lowest BCUT2D eigenvalue weighted by atomic mass is 9.32. The molecule has 5 aliphatic carbocycles. The Morgan fingerprint density at radius 2 is 1.56 bits per heavy atom. The van der Waals surface area contributed by atoms with Gasteiger partial charge in [-0.1, -0.05) is 60.1 Å². The molecule has 0 aromatic carbocycles. The van der Waals surface area contributed by atoms with Crippen molar-refractivity contribution in [2.24, 2.45) is 63.1 Å². The lowest BCUT2D eigenvalue weighted by Gasteiger charge is -2.73. The largest absolute Gasteiger partial charge is 0.462 e. The monoisotopic (exact) mass is 468 g/mol. The molecule has 2 heteroatoms. The van der Waals surface area contributed by atoms with E-state index in [1.54, 1.807) is 12.5 Å². The highest BCUT2D eigenvalue weighted by atomic mass is 16.5. The molecule has 5 rings (SSSR count). The van der Waals surface area contributed by atoms with Gasteiger partial charge in [0.05, 0.1) is 0 Å². The van der Waals surface area contributed by atoms with Gasteiger partial charge in [-0.05, 0) is 116 Å². The molecule has 0 amide bonds. The van der Waals surface area contributed by atoms with Crippen LogP contribution in [0.15, 0.2) is 11.6 Å². The smallest absolute Gasteiger partial charge is 0.302 e. The summed E-state index contributed by atoms with van der Waals surface area (Å²) in [5, 5.41) is 0. The Morgan fingerprint density at radius 3 is 2.24 bits per heavy atom. The third-order valence-corrected chi connectivity index (χ3v) is 13.6. The second kappa shape index (κ2) is 7.85. The Hall–Kier alpha value is -0.790. The summed E-state index contributed by atoms with van der Waals surface area (Å²) in [5.74, 6) is 5.47. The molecule has 0 aromatic rings. The van der Waals surface area contributed by atoms with Gasteiger partial charge < -0.3 is 4.74 Å². The van der Waals surface area contributed by atoms with Crippen molar-refractivity contribution in [3.63, 3.8) is 0 Å². The molecule has 192 valence electrons. The lowest BCUT2D eigenvalue weighted by molar-refractivity contribution is -0.247. The highest BCUT2D eigenvalue weighted by molar-refractivity contribution is 5.66. The number of hydrogen-bond donors (Lipinski definition) is 0. The Balaban J connectivity index is 1.49. The molecule has 5 aliphatic rings. The summed E-state index contributed by atoms with van der Waals surface area (Å²) in [4.78, 5) is 11.9. The Kier molecular flexibility index (Phi) is 5.75. The molecule has 11 atom stereocenters. The molecule has 0 saturated heterocycles. The van der Waals surface area contributed by atoms with E-state index in [9.17, 15) is 4.79 Å². The first kappa shape index (κ1) is 24.9. The first-order chi connectivity index (χ1) is 15.8. The summed E-state index contributed by atoms with van der Waals surface area (Å²) in [5.41, 5.74) is 2.96. The number of allylic oxidation sites excluding steroid dienone is 2. The van der Waals surface area contributed by atoms with Crippen LogP contribution in [-0.4, -0.2) is 12.1 Å². The maximum absolute atomic E-state index is 11.9. The molecule has 0 aliphatic heterocycles. The number of hydrogen-bond acceptors (Lipinski definition) is 2. The summed E-state index contributed by atoms with van der Waals surface area (Å²) >= 11 is 0. The maximum Gasteiger partial charge on any atom is 0.302 e. The molecule has 0 heterocycles. The van der Waals surface area contributed by atoms with Crippen molar-refractivity contribution in [3.05, 3.63) is 11.6 Å². The highest BCUT2D eigenvalue weighted by Gasteiger charge is 2.69. The van der Waals surface area contributed by atoms with Crippen molar-refractivity contribution in [2.75, 3.05) is 0 Å². The number of fused-ring (bicyclic) bond motifs is 7. The number of rotatable bonds is 1. The average Bonchev–Trinajstić information content (AvgIpc) is 2.73. The fraction of sp³-hybridized carbons (Fsp3) is 0.906. The topological polar surface area (TPSA) is 26.3 Å². The Bertz CT molecular complexity index is 870. The molecule has 2 nitrogen and oxygen atoms in total. The summed E-state index contributed by atoms with van der Waals surface area (Å²) in [6.07, 6.45) is 13.3. The molecule has 0 aromatic heterocycles. The standard InChI is InChI=1S/C32H52O2/c1-19-18-20(2)23-12-16-31(8)24(28(23)21(19)3)10-11-26-30(7)15-14-27(34-22(4)33)29(5,6)25(30)13-17-32(26,31)9/h18,20-21,23-28H,10-17H2,1-9H3. The van der Waals surface area contributed by atoms with Crippen LogP contribution in [-0.2, 0) is 9.53 Å². The quantitative estimate of drug-likeness (QED) is 0.285. The van der Waals surface area contributed by atoms with Gasteiger partial charge in [0.1, 0.15) is 6.10 Å². The lowest BCUT2D eigenvalue weighted by Crippen LogP contribution is -2.66. The summed E-state index contributed by atoms with van der Waals surface area (Å²) in [7, 11) is 0. The third kappa shape index (κ3) is 3.14. The number of carbonyl (C=O) groups excluding carboxylic acids is 1. The van der Waals surface area contributed by atoms with Crippen LogP contribution in [0.2, 0.25) is 0 Å². The van der Waals surface area contributed by atoms with E-state index in [1.165, 1.54) is 44.9 Å². The van der Waals surface area contributed by atoms with Crippen molar-refractivity contribution in [1.82, 2.24) is 0 Å². The number of carbonyl (C=O) groups is 1. The highest BCUT2D eigenvalue weighted by Crippen LogP contribution is 2.75. The summed E-state index contributed by atoms with van der Waals surface area (Å²) in [6.45, 7) is 22.0. The maximum atomic E-state index is 11.9. The van der Waals surface area contributed by atoms with Gasteiger partial charge in [-0.2, -0.15) is 0 Å². The van der Waals surface area contributed by atoms with Crippen LogP contribution in [0.25, 0.3) is 0 Å². The van der Waals surface area contributed by atoms with Gasteiger partial charge in [-0.3, -0.25) is 4.79 Å². The Morgan fingerprint density at radius 1 is 0.882 bits per heavy atom. The molecule has 4 saturated carbocycles. The van der Waals surface area contributed by atoms with E-state index < -0.39 is 0 Å². The van der Waals surface area contributed by atoms with Crippen LogP contribution in [0.4, 0.5) is 0 Å². The predicted octanol–water partition coefficient (Wildman–Crippen LogP) is 8.45. The molecule has 0 N–H and O–H groups in total. The van der Waals surface area contributed by atoms with Crippen LogP contribution in [0.5, 0.6) is 0 Å². The van der Waals surface area contributed by atoms with Gasteiger partial charge in [-0.15, -0.1) is 0 Å². The zero-order valence-electron chi connectivity index (χ0n) is 23.7. The van der Waals surface area contributed by atoms with Crippen molar-refractivity contribution >= 4 is 5.97 Å². The zero-order chi connectivity index (χ0) is 24.8. The van der Waals surface area contributed by atoms with Crippen molar-refractivity contribution in [1.29, 1.82) is 0 Å². The first-order valence-corrected chi connectivity index (χ1v) is 14.6. The normalized spacial score (nSPS) is 54.0. The second-order valence-electron chi connectivity index (χ2n) is 15.0. The average molecular weight is 469 g/mol. The minimum atomic E-state index is -0.104. The van der Waals surface area contributed by atoms with Crippen molar-refractivity contribution in [3.8, 4) is 0 Å². The predicted molar refractivity (Wildman–Crippen MR) is 140 cm³/mol.